The summed E-state index contributed by atoms with van der Waals surface area (Å²) in [6.45, 7) is 2.69. The van der Waals surface area contributed by atoms with Crippen molar-refractivity contribution >= 4 is 52.5 Å². The number of rotatable bonds is 10. The molecule has 32 heavy (non-hydrogen) atoms. The number of hydrogen-bond acceptors (Lipinski definition) is 9. The molecule has 17 heteroatoms. The third-order valence-electron chi connectivity index (χ3n) is 4.14. The molecular formula is C15H18Cl3N7O7. The van der Waals surface area contributed by atoms with E-state index in [4.69, 9.17) is 44.3 Å². The van der Waals surface area contributed by atoms with Gasteiger partial charge in [0.1, 0.15) is 32.1 Å². The zero-order chi connectivity index (χ0) is 24.1. The van der Waals surface area contributed by atoms with Crippen molar-refractivity contribution in [2.24, 2.45) is 0 Å². The molecule has 0 aromatic carbocycles. The van der Waals surface area contributed by atoms with Gasteiger partial charge in [0.25, 0.3) is 0 Å². The quantitative estimate of drug-likeness (QED) is 0.217. The van der Waals surface area contributed by atoms with Gasteiger partial charge in [0.15, 0.2) is 17.9 Å². The lowest BCUT2D eigenvalue weighted by atomic mass is 10.5. The van der Waals surface area contributed by atoms with Gasteiger partial charge in [-0.15, -0.1) is 0 Å². The van der Waals surface area contributed by atoms with Crippen molar-refractivity contribution < 1.29 is 24.1 Å². The van der Waals surface area contributed by atoms with Gasteiger partial charge in [-0.2, -0.15) is 0 Å². The van der Waals surface area contributed by atoms with Crippen LogP contribution in [0.4, 0.5) is 16.4 Å². The summed E-state index contributed by atoms with van der Waals surface area (Å²) < 4.78 is 10.8. The molecule has 14 nitrogen and oxygen atoms in total. The average molecular weight is 515 g/mol. The maximum Gasteiger partial charge on any atom is 0.409 e. The monoisotopic (exact) mass is 513 g/mol. The maximum absolute atomic E-state index is 12.1. The summed E-state index contributed by atoms with van der Waals surface area (Å²) in [7, 11) is 0. The number of hydrogen-bond donors (Lipinski definition) is 1. The third kappa shape index (κ3) is 6.66. The summed E-state index contributed by atoms with van der Waals surface area (Å²) in [6.07, 6.45) is -0.267. The van der Waals surface area contributed by atoms with Crippen LogP contribution in [-0.2, 0) is 22.6 Å². The minimum atomic E-state index is -2.09. The van der Waals surface area contributed by atoms with E-state index in [0.29, 0.717) is 11.6 Å². The summed E-state index contributed by atoms with van der Waals surface area (Å²) in [5.41, 5.74) is 0. The molecule has 1 atom stereocenters. The van der Waals surface area contributed by atoms with Gasteiger partial charge in [0.05, 0.1) is 6.61 Å². The largest absolute Gasteiger partial charge is 0.445 e. The Labute approximate surface area is 195 Å². The minimum Gasteiger partial charge on any atom is -0.445 e. The molecule has 1 amide bonds. The van der Waals surface area contributed by atoms with Crippen molar-refractivity contribution in [2.75, 3.05) is 13.2 Å². The number of ether oxygens (including phenoxy) is 2. The van der Waals surface area contributed by atoms with Crippen molar-refractivity contribution in [2.45, 2.75) is 37.0 Å². The number of aromatic nitrogens is 4. The highest BCUT2D eigenvalue weighted by Gasteiger charge is 2.36. The maximum atomic E-state index is 12.1. The fourth-order valence-corrected chi connectivity index (χ4v) is 2.97. The number of alkyl carbamates (subject to hydrolysis) is 1. The number of aryl methyl sites for hydroxylation is 2. The van der Waals surface area contributed by atoms with Crippen molar-refractivity contribution in [3.8, 4) is 0 Å². The lowest BCUT2D eigenvalue weighted by Crippen LogP contribution is -2.46. The normalized spacial score (nSPS) is 12.4. The Kier molecular flexibility index (Phi) is 8.60. The van der Waals surface area contributed by atoms with Gasteiger partial charge < -0.3 is 29.7 Å². The number of nitrogens with zero attached hydrogens (tertiary/aromatic N) is 6. The number of nitrogens with one attached hydrogen (secondary N) is 1. The Balaban J connectivity index is 1.90. The number of halogens is 3. The predicted octanol–water partition coefficient (Wildman–Crippen LogP) is 2.65. The fraction of sp³-hybridized carbons (Fsp3) is 0.533. The van der Waals surface area contributed by atoms with Crippen LogP contribution in [0.15, 0.2) is 12.4 Å². The molecule has 2 aromatic heterocycles. The summed E-state index contributed by atoms with van der Waals surface area (Å²) in [5.74, 6) is 0.250. The summed E-state index contributed by atoms with van der Waals surface area (Å²) in [6, 6.07) is 0. The van der Waals surface area contributed by atoms with Crippen LogP contribution < -0.4 is 5.32 Å². The topological polar surface area (TPSA) is 169 Å². The van der Waals surface area contributed by atoms with Crippen molar-refractivity contribution in [1.82, 2.24) is 24.4 Å². The van der Waals surface area contributed by atoms with Crippen molar-refractivity contribution in [3.63, 3.8) is 0 Å². The Bertz CT molecular complexity index is 989. The molecule has 2 heterocycles. The smallest absolute Gasteiger partial charge is 0.409 e. The number of amides is 1. The zero-order valence-corrected chi connectivity index (χ0v) is 19.0. The highest BCUT2D eigenvalue weighted by atomic mass is 35.6. The van der Waals surface area contributed by atoms with E-state index in [9.17, 15) is 25.0 Å². The average Bonchev–Trinajstić information content (AvgIpc) is 3.23. The van der Waals surface area contributed by atoms with E-state index in [0.717, 1.165) is 12.4 Å². The molecule has 0 aliphatic carbocycles. The lowest BCUT2D eigenvalue weighted by Gasteiger charge is -2.25. The van der Waals surface area contributed by atoms with E-state index in [1.807, 2.05) is 0 Å². The van der Waals surface area contributed by atoms with Gasteiger partial charge in [-0.1, -0.05) is 34.8 Å². The lowest BCUT2D eigenvalue weighted by molar-refractivity contribution is -0.392. The Morgan fingerprint density at radius 3 is 1.97 bits per heavy atom. The predicted molar refractivity (Wildman–Crippen MR) is 112 cm³/mol. The van der Waals surface area contributed by atoms with Gasteiger partial charge in [-0.3, -0.25) is 5.32 Å². The molecule has 2 rings (SSSR count). The van der Waals surface area contributed by atoms with E-state index in [1.165, 1.54) is 9.13 Å². The van der Waals surface area contributed by atoms with Crippen LogP contribution in [0.1, 0.15) is 11.6 Å². The van der Waals surface area contributed by atoms with E-state index < -0.39 is 26.0 Å². The molecular weight excluding hydrogens is 497 g/mol. The molecule has 0 fully saturated rings. The Morgan fingerprint density at radius 2 is 1.53 bits per heavy atom. The number of carbonyl (C=O) groups is 1. The Morgan fingerprint density at radius 1 is 1.06 bits per heavy atom. The van der Waals surface area contributed by atoms with Gasteiger partial charge in [0.2, 0.25) is 3.79 Å². The minimum absolute atomic E-state index is 0.000303. The number of nitro groups is 2. The highest BCUT2D eigenvalue weighted by molar-refractivity contribution is 6.68. The SMILES string of the molecule is Cc1ncc([N+](=O)[O-])n1CCOC(=O)NC(OCCn1c([N+](=O)[O-])cnc1C)C(Cl)(Cl)Cl. The summed E-state index contributed by atoms with van der Waals surface area (Å²) >= 11 is 17.5. The van der Waals surface area contributed by atoms with E-state index in [1.54, 1.807) is 13.8 Å². The van der Waals surface area contributed by atoms with Crippen LogP contribution in [0, 0.1) is 34.1 Å². The van der Waals surface area contributed by atoms with E-state index in [2.05, 4.69) is 15.3 Å². The van der Waals surface area contributed by atoms with E-state index in [-0.39, 0.29) is 37.9 Å². The van der Waals surface area contributed by atoms with Crippen LogP contribution in [0.25, 0.3) is 0 Å². The first-order valence-electron chi connectivity index (χ1n) is 8.86. The number of alkyl halides is 3. The standard InChI is InChI=1S/C15H18Cl3N7O7/c1-9-19-7-11(24(27)28)22(9)3-5-31-13(15(16,17)18)21-14(26)32-6-4-23-10(2)20-8-12(23)25(29)30/h7-8,13H,3-6H2,1-2H3,(H,21,26). The second kappa shape index (κ2) is 10.8. The number of carbonyl (C=O) groups excluding carboxylic acids is 1. The summed E-state index contributed by atoms with van der Waals surface area (Å²) in [4.78, 5) is 40.6. The molecule has 0 aliphatic heterocycles. The van der Waals surface area contributed by atoms with Gasteiger partial charge in [-0.25, -0.2) is 23.9 Å². The molecule has 1 N–H and O–H groups in total. The van der Waals surface area contributed by atoms with Gasteiger partial charge in [0, 0.05) is 13.8 Å². The van der Waals surface area contributed by atoms with Crippen molar-refractivity contribution in [3.05, 3.63) is 44.3 Å². The van der Waals surface area contributed by atoms with Crippen LogP contribution in [0.2, 0.25) is 0 Å². The van der Waals surface area contributed by atoms with Gasteiger partial charge >= 0.3 is 17.7 Å². The molecule has 1 unspecified atom stereocenters. The van der Waals surface area contributed by atoms with Gasteiger partial charge in [-0.05, 0) is 9.85 Å². The second-order valence-corrected chi connectivity index (χ2v) is 8.59. The molecule has 2 aromatic rings. The first kappa shape index (κ1) is 25.6. The summed E-state index contributed by atoms with van der Waals surface area (Å²) in [5, 5.41) is 24.2. The van der Waals surface area contributed by atoms with Crippen LogP contribution in [-0.4, -0.2) is 58.3 Å². The zero-order valence-electron chi connectivity index (χ0n) is 16.7. The molecule has 0 aliphatic rings. The molecule has 0 saturated carbocycles. The molecule has 0 bridgehead atoms. The fourth-order valence-electron chi connectivity index (χ4n) is 2.61. The second-order valence-electron chi connectivity index (χ2n) is 6.22. The first-order chi connectivity index (χ1) is 14.9. The van der Waals surface area contributed by atoms with Crippen LogP contribution in [0.5, 0.6) is 0 Å². The number of imidazole rings is 2. The van der Waals surface area contributed by atoms with Crippen LogP contribution in [0.3, 0.4) is 0 Å². The Hall–Kier alpha value is -2.68. The molecule has 0 spiro atoms. The van der Waals surface area contributed by atoms with E-state index >= 15 is 0 Å². The third-order valence-corrected chi connectivity index (χ3v) is 4.73. The molecule has 176 valence electrons. The first-order valence-corrected chi connectivity index (χ1v) is 9.99. The van der Waals surface area contributed by atoms with Crippen LogP contribution >= 0.6 is 34.8 Å². The molecule has 0 saturated heterocycles. The van der Waals surface area contributed by atoms with Crippen molar-refractivity contribution in [1.29, 1.82) is 0 Å². The molecule has 0 radical (unpaired) electrons. The highest BCUT2D eigenvalue weighted by Crippen LogP contribution is 2.31.